The highest BCUT2D eigenvalue weighted by Crippen LogP contribution is 2.37. The molecule has 0 aromatic rings. The van der Waals surface area contributed by atoms with Crippen molar-refractivity contribution in [3.05, 3.63) is 0 Å². The van der Waals surface area contributed by atoms with Gasteiger partial charge in [-0.05, 0) is 31.6 Å². The molecule has 1 unspecified atom stereocenters. The maximum Gasteiger partial charge on any atom is 0.0675 e. The molecule has 0 aliphatic rings. The lowest BCUT2D eigenvalue weighted by atomic mass is 9.74. The fraction of sp³-hybridized carbons (Fsp3) is 1.00. The van der Waals surface area contributed by atoms with Crippen LogP contribution in [0, 0.1) is 5.92 Å². The van der Waals surface area contributed by atoms with Crippen LogP contribution in [0.5, 0.6) is 0 Å². The van der Waals surface area contributed by atoms with E-state index in [-0.39, 0.29) is 0 Å². The third-order valence-electron chi connectivity index (χ3n) is 12.2. The van der Waals surface area contributed by atoms with Crippen LogP contribution in [0.2, 0.25) is 0 Å². The molecule has 1 nitrogen and oxygen atoms in total. The first-order valence-corrected chi connectivity index (χ1v) is 24.4. The Morgan fingerprint density at radius 2 is 0.460 bits per heavy atom. The number of hydrogen-bond donors (Lipinski definition) is 1. The van der Waals surface area contributed by atoms with Crippen molar-refractivity contribution in [2.45, 2.75) is 309 Å². The van der Waals surface area contributed by atoms with Crippen molar-refractivity contribution in [2.24, 2.45) is 5.92 Å². The van der Waals surface area contributed by atoms with Crippen molar-refractivity contribution in [1.82, 2.24) is 0 Å². The minimum atomic E-state index is -0.413. The molecule has 0 spiro atoms. The van der Waals surface area contributed by atoms with E-state index >= 15 is 0 Å². The average Bonchev–Trinajstić information content (AvgIpc) is 3.12. The first-order chi connectivity index (χ1) is 24.6. The highest BCUT2D eigenvalue weighted by atomic mass is 16.3. The summed E-state index contributed by atoms with van der Waals surface area (Å²) in [7, 11) is 0. The largest absolute Gasteiger partial charge is 0.390 e. The Bertz CT molecular complexity index is 570. The van der Waals surface area contributed by atoms with Gasteiger partial charge >= 0.3 is 0 Å². The third-order valence-corrected chi connectivity index (χ3v) is 12.2. The molecule has 0 rings (SSSR count). The predicted octanol–water partition coefficient (Wildman–Crippen LogP) is 18.2. The molecule has 0 amide bonds. The molecule has 0 radical (unpaired) electrons. The first-order valence-electron chi connectivity index (χ1n) is 24.4. The Balaban J connectivity index is 4.57. The van der Waals surface area contributed by atoms with Gasteiger partial charge in [0.25, 0.3) is 0 Å². The lowest BCUT2D eigenvalue weighted by Crippen LogP contribution is -2.38. The second kappa shape index (κ2) is 41.7. The minimum absolute atomic E-state index is 0.413. The van der Waals surface area contributed by atoms with Gasteiger partial charge in [0.15, 0.2) is 0 Å². The fourth-order valence-corrected chi connectivity index (χ4v) is 8.62. The molecule has 1 N–H and O–H groups in total. The van der Waals surface area contributed by atoms with E-state index in [1.165, 1.54) is 263 Å². The molecule has 0 saturated carbocycles. The van der Waals surface area contributed by atoms with Gasteiger partial charge < -0.3 is 5.11 Å². The minimum Gasteiger partial charge on any atom is -0.390 e. The average molecular weight is 705 g/mol. The molecule has 0 aliphatic heterocycles. The highest BCUT2D eigenvalue weighted by molar-refractivity contribution is 4.87. The summed E-state index contributed by atoms with van der Waals surface area (Å²) in [6.45, 7) is 9.28. The van der Waals surface area contributed by atoms with Crippen LogP contribution >= 0.6 is 0 Å². The summed E-state index contributed by atoms with van der Waals surface area (Å²) in [5.41, 5.74) is -0.413. The Morgan fingerprint density at radius 1 is 0.260 bits per heavy atom. The highest BCUT2D eigenvalue weighted by Gasteiger charge is 2.34. The number of rotatable bonds is 44. The van der Waals surface area contributed by atoms with Crippen molar-refractivity contribution in [3.8, 4) is 0 Å². The lowest BCUT2D eigenvalue weighted by Gasteiger charge is -2.37. The summed E-state index contributed by atoms with van der Waals surface area (Å²) in [5.74, 6) is 0.524. The Hall–Kier alpha value is -0.0400. The first kappa shape index (κ1) is 50.0. The van der Waals surface area contributed by atoms with E-state index in [0.29, 0.717) is 5.92 Å². The van der Waals surface area contributed by atoms with Gasteiger partial charge in [-0.25, -0.2) is 0 Å². The van der Waals surface area contributed by atoms with Crippen LogP contribution in [0.4, 0.5) is 0 Å². The standard InChI is InChI=1S/C49H100O/c1-5-9-13-16-19-22-25-28-29-32-35-38-41-45-48(44-12-8-4)49(50,46-42-39-36-33-30-26-23-20-17-14-10-6-2)47-43-40-37-34-31-27-24-21-18-15-11-7-3/h48,50H,5-47H2,1-4H3. The predicted molar refractivity (Wildman–Crippen MR) is 230 cm³/mol. The summed E-state index contributed by atoms with van der Waals surface area (Å²) in [6.07, 6.45) is 59.3. The zero-order chi connectivity index (χ0) is 36.5. The lowest BCUT2D eigenvalue weighted by molar-refractivity contribution is -0.0455. The van der Waals surface area contributed by atoms with Crippen LogP contribution in [-0.2, 0) is 0 Å². The van der Waals surface area contributed by atoms with Gasteiger partial charge in [-0.15, -0.1) is 0 Å². The third kappa shape index (κ3) is 35.0. The van der Waals surface area contributed by atoms with Crippen LogP contribution in [0.25, 0.3) is 0 Å². The molecule has 0 bridgehead atoms. The van der Waals surface area contributed by atoms with Gasteiger partial charge in [0, 0.05) is 0 Å². The summed E-state index contributed by atoms with van der Waals surface area (Å²) in [6, 6.07) is 0. The van der Waals surface area contributed by atoms with E-state index in [4.69, 9.17) is 0 Å². The van der Waals surface area contributed by atoms with Gasteiger partial charge in [-0.1, -0.05) is 278 Å². The molecule has 0 aromatic heterocycles. The maximum atomic E-state index is 12.4. The zero-order valence-electron chi connectivity index (χ0n) is 35.9. The molecule has 302 valence electrons. The van der Waals surface area contributed by atoms with Gasteiger partial charge in [-0.3, -0.25) is 0 Å². The second-order valence-corrected chi connectivity index (χ2v) is 17.3. The number of unbranched alkanes of at least 4 members (excludes halogenated alkanes) is 35. The van der Waals surface area contributed by atoms with Crippen LogP contribution in [0.15, 0.2) is 0 Å². The summed E-state index contributed by atoms with van der Waals surface area (Å²) >= 11 is 0. The van der Waals surface area contributed by atoms with Crippen molar-refractivity contribution in [2.75, 3.05) is 0 Å². The van der Waals surface area contributed by atoms with Crippen LogP contribution in [0.1, 0.15) is 304 Å². The second-order valence-electron chi connectivity index (χ2n) is 17.3. The van der Waals surface area contributed by atoms with Crippen LogP contribution < -0.4 is 0 Å². The molecule has 0 saturated heterocycles. The van der Waals surface area contributed by atoms with E-state index in [1.807, 2.05) is 0 Å². The summed E-state index contributed by atoms with van der Waals surface area (Å²) < 4.78 is 0. The molecule has 0 fully saturated rings. The Kier molecular flexibility index (Phi) is 41.7. The maximum absolute atomic E-state index is 12.4. The number of hydrogen-bond acceptors (Lipinski definition) is 1. The monoisotopic (exact) mass is 705 g/mol. The Morgan fingerprint density at radius 3 is 0.720 bits per heavy atom. The van der Waals surface area contributed by atoms with E-state index in [9.17, 15) is 5.11 Å². The normalized spacial score (nSPS) is 12.7. The molecule has 0 aliphatic carbocycles. The molecule has 0 heterocycles. The van der Waals surface area contributed by atoms with E-state index in [1.54, 1.807) is 0 Å². The van der Waals surface area contributed by atoms with E-state index in [0.717, 1.165) is 12.8 Å². The van der Waals surface area contributed by atoms with Gasteiger partial charge in [0.1, 0.15) is 0 Å². The molecule has 0 aromatic carbocycles. The molecular weight excluding hydrogens is 605 g/mol. The Labute approximate surface area is 319 Å². The van der Waals surface area contributed by atoms with Crippen molar-refractivity contribution >= 4 is 0 Å². The fourth-order valence-electron chi connectivity index (χ4n) is 8.62. The van der Waals surface area contributed by atoms with Crippen molar-refractivity contribution in [1.29, 1.82) is 0 Å². The summed E-state index contributed by atoms with van der Waals surface area (Å²) in [4.78, 5) is 0. The van der Waals surface area contributed by atoms with Gasteiger partial charge in [-0.2, -0.15) is 0 Å². The molecular formula is C49H100O. The van der Waals surface area contributed by atoms with Gasteiger partial charge in [0.05, 0.1) is 5.60 Å². The van der Waals surface area contributed by atoms with E-state index in [2.05, 4.69) is 27.7 Å². The van der Waals surface area contributed by atoms with Crippen LogP contribution in [-0.4, -0.2) is 10.7 Å². The SMILES string of the molecule is CCCCCCCCCCCCCCCC(CCCC)C(O)(CCCCCCCCCCCCCC)CCCCCCCCCCCCCC. The van der Waals surface area contributed by atoms with Crippen LogP contribution in [0.3, 0.4) is 0 Å². The molecule has 1 heteroatoms. The summed E-state index contributed by atoms with van der Waals surface area (Å²) in [5, 5.41) is 12.4. The zero-order valence-corrected chi connectivity index (χ0v) is 35.9. The van der Waals surface area contributed by atoms with Crippen molar-refractivity contribution in [3.63, 3.8) is 0 Å². The quantitative estimate of drug-likeness (QED) is 0.0626. The molecule has 1 atom stereocenters. The number of aliphatic hydroxyl groups is 1. The smallest absolute Gasteiger partial charge is 0.0675 e. The van der Waals surface area contributed by atoms with E-state index < -0.39 is 5.60 Å². The molecule has 50 heavy (non-hydrogen) atoms. The van der Waals surface area contributed by atoms with Crippen molar-refractivity contribution < 1.29 is 5.11 Å². The topological polar surface area (TPSA) is 20.2 Å². The van der Waals surface area contributed by atoms with Gasteiger partial charge in [0.2, 0.25) is 0 Å².